The number of hydrogen-bond acceptors (Lipinski definition) is 0. The number of halogens is 3. The van der Waals surface area contributed by atoms with Crippen LogP contribution in [0.5, 0.6) is 0 Å². The molecule has 0 aliphatic carbocycles. The molecule has 0 amide bonds. The predicted molar refractivity (Wildman–Crippen MR) is 56.2 cm³/mol. The van der Waals surface area contributed by atoms with Crippen LogP contribution in [0.2, 0.25) is 0 Å². The Labute approximate surface area is 85.5 Å². The van der Waals surface area contributed by atoms with E-state index in [1.807, 2.05) is 0 Å². The molecule has 0 radical (unpaired) electrons. The molecule has 0 unspecified atom stereocenters. The molecule has 5 heteroatoms. The molecule has 1 aromatic heterocycles. The average molecular weight is 231 g/mol. The number of hydrogen-bond donors (Lipinski definition) is 0. The molecule has 0 aliphatic rings. The summed E-state index contributed by atoms with van der Waals surface area (Å²) in [6, 6.07) is 9.35. The third kappa shape index (κ3) is 1.65. The molecule has 1 nitrogen and oxygen atoms in total. The molecule has 0 atom stereocenters. The SMILES string of the molecule is FP(F)(F)(c1ccccc1)n1cccc1. The van der Waals surface area contributed by atoms with Crippen molar-refractivity contribution in [2.45, 2.75) is 0 Å². The van der Waals surface area contributed by atoms with Crippen LogP contribution in [0.1, 0.15) is 0 Å². The van der Waals surface area contributed by atoms with E-state index in [0.29, 0.717) is 4.34 Å². The van der Waals surface area contributed by atoms with Gasteiger partial charge in [-0.25, -0.2) is 0 Å². The molecule has 2 rings (SSSR count). The van der Waals surface area contributed by atoms with Gasteiger partial charge in [0.2, 0.25) is 0 Å². The molecule has 80 valence electrons. The molecule has 0 saturated carbocycles. The standard InChI is InChI=1S/C10H9F3NP/c11-15(12,13,14-8-4-5-9-14)10-6-2-1-3-7-10/h1-9H. The summed E-state index contributed by atoms with van der Waals surface area (Å²) in [5.74, 6) is 0. The third-order valence-corrected chi connectivity index (χ3v) is 4.27. The zero-order valence-electron chi connectivity index (χ0n) is 7.72. The first-order valence-electron chi connectivity index (χ1n) is 4.36. The second-order valence-corrected chi connectivity index (χ2v) is 5.69. The maximum atomic E-state index is 13.8. The number of nitrogens with zero attached hydrogens (tertiary/aromatic N) is 1. The van der Waals surface area contributed by atoms with Crippen LogP contribution in [-0.2, 0) is 0 Å². The van der Waals surface area contributed by atoms with Crippen molar-refractivity contribution in [3.8, 4) is 0 Å². The Morgan fingerprint density at radius 2 is 1.33 bits per heavy atom. The van der Waals surface area contributed by atoms with E-state index in [4.69, 9.17) is 0 Å². The summed E-state index contributed by atoms with van der Waals surface area (Å²) < 4.78 is 41.9. The fourth-order valence-corrected chi connectivity index (χ4v) is 2.84. The normalized spacial score (nSPS) is 14.5. The number of aromatic nitrogens is 1. The van der Waals surface area contributed by atoms with Crippen molar-refractivity contribution in [3.05, 3.63) is 54.9 Å². The summed E-state index contributed by atoms with van der Waals surface area (Å²) >= 11 is 0. The first kappa shape index (κ1) is 10.2. The van der Waals surface area contributed by atoms with Gasteiger partial charge in [-0.1, -0.05) is 0 Å². The van der Waals surface area contributed by atoms with E-state index < -0.39 is 13.0 Å². The fourth-order valence-electron chi connectivity index (χ4n) is 1.34. The Hall–Kier alpha value is -1.28. The van der Waals surface area contributed by atoms with Crippen LogP contribution in [0, 0.1) is 0 Å². The van der Waals surface area contributed by atoms with Crippen molar-refractivity contribution in [1.82, 2.24) is 4.34 Å². The second kappa shape index (κ2) is 3.11. The summed E-state index contributed by atoms with van der Waals surface area (Å²) in [4.78, 5) is 0. The Kier molecular flexibility index (Phi) is 2.12. The van der Waals surface area contributed by atoms with Crippen LogP contribution in [-0.4, -0.2) is 4.34 Å². The molecule has 0 fully saturated rings. The minimum atomic E-state index is -6.46. The van der Waals surface area contributed by atoms with E-state index >= 15 is 0 Å². The van der Waals surface area contributed by atoms with E-state index in [9.17, 15) is 12.6 Å². The molecule has 15 heavy (non-hydrogen) atoms. The summed E-state index contributed by atoms with van der Waals surface area (Å²) in [5.41, 5.74) is 0. The van der Waals surface area contributed by atoms with Gasteiger partial charge in [0.1, 0.15) is 0 Å². The van der Waals surface area contributed by atoms with E-state index in [1.165, 1.54) is 24.3 Å². The average Bonchev–Trinajstić information content (AvgIpc) is 2.72. The van der Waals surface area contributed by atoms with Gasteiger partial charge >= 0.3 is 84.8 Å². The van der Waals surface area contributed by atoms with Crippen LogP contribution in [0.15, 0.2) is 54.9 Å². The Balaban J connectivity index is 2.59. The van der Waals surface area contributed by atoms with Gasteiger partial charge in [0.15, 0.2) is 0 Å². The van der Waals surface area contributed by atoms with Crippen LogP contribution in [0.25, 0.3) is 0 Å². The monoisotopic (exact) mass is 231 g/mol. The molecule has 1 heterocycles. The van der Waals surface area contributed by atoms with Crippen molar-refractivity contribution in [2.75, 3.05) is 0 Å². The van der Waals surface area contributed by atoms with E-state index in [1.54, 1.807) is 6.07 Å². The molecule has 0 aliphatic heterocycles. The first-order valence-corrected chi connectivity index (χ1v) is 6.22. The van der Waals surface area contributed by atoms with Gasteiger partial charge in [-0.2, -0.15) is 0 Å². The quantitative estimate of drug-likeness (QED) is 0.693. The van der Waals surface area contributed by atoms with Crippen molar-refractivity contribution >= 4 is 13.0 Å². The molecule has 0 N–H and O–H groups in total. The summed E-state index contributed by atoms with van der Waals surface area (Å²) in [5, 5.41) is -0.556. The van der Waals surface area contributed by atoms with Gasteiger partial charge in [-0.15, -0.1) is 0 Å². The molecule has 0 spiro atoms. The van der Waals surface area contributed by atoms with Crippen LogP contribution in [0.3, 0.4) is 0 Å². The minimum absolute atomic E-state index is 0.376. The maximum absolute atomic E-state index is 13.8. The summed E-state index contributed by atoms with van der Waals surface area (Å²) in [6.07, 6.45) is 2.09. The van der Waals surface area contributed by atoms with Crippen molar-refractivity contribution in [1.29, 1.82) is 0 Å². The predicted octanol–water partition coefficient (Wildman–Crippen LogP) is 3.78. The molecule has 0 bridgehead atoms. The van der Waals surface area contributed by atoms with Gasteiger partial charge < -0.3 is 0 Å². The summed E-state index contributed by atoms with van der Waals surface area (Å²) in [7, 11) is -6.46. The van der Waals surface area contributed by atoms with Gasteiger partial charge in [-0.3, -0.25) is 0 Å². The third-order valence-electron chi connectivity index (χ3n) is 2.13. The fraction of sp³-hybridized carbons (Fsp3) is 0. The van der Waals surface area contributed by atoms with Crippen LogP contribution in [0.4, 0.5) is 12.6 Å². The summed E-state index contributed by atoms with van der Waals surface area (Å²) in [6.45, 7) is 0. The molecular formula is C10H9F3NP. The number of benzene rings is 1. The Morgan fingerprint density at radius 1 is 0.800 bits per heavy atom. The van der Waals surface area contributed by atoms with Crippen molar-refractivity contribution in [2.24, 2.45) is 0 Å². The van der Waals surface area contributed by atoms with E-state index in [0.717, 1.165) is 24.5 Å². The van der Waals surface area contributed by atoms with Gasteiger partial charge in [0, 0.05) is 0 Å². The molecule has 0 saturated heterocycles. The zero-order valence-corrected chi connectivity index (χ0v) is 8.62. The van der Waals surface area contributed by atoms with E-state index in [-0.39, 0.29) is 0 Å². The molecule has 2 aromatic rings. The van der Waals surface area contributed by atoms with Crippen molar-refractivity contribution in [3.63, 3.8) is 0 Å². The topological polar surface area (TPSA) is 4.93 Å². The second-order valence-electron chi connectivity index (χ2n) is 3.17. The molecular weight excluding hydrogens is 222 g/mol. The number of rotatable bonds is 2. The van der Waals surface area contributed by atoms with Gasteiger partial charge in [0.25, 0.3) is 0 Å². The first-order chi connectivity index (χ1) is 6.99. The van der Waals surface area contributed by atoms with Crippen LogP contribution < -0.4 is 5.30 Å². The van der Waals surface area contributed by atoms with Gasteiger partial charge in [0.05, 0.1) is 0 Å². The molecule has 1 aromatic carbocycles. The Morgan fingerprint density at radius 3 is 1.87 bits per heavy atom. The van der Waals surface area contributed by atoms with Crippen LogP contribution >= 0.6 is 7.69 Å². The van der Waals surface area contributed by atoms with Crippen molar-refractivity contribution < 1.29 is 12.6 Å². The zero-order chi connectivity index (χ0) is 11.0. The Bertz CT molecular complexity index is 445. The van der Waals surface area contributed by atoms with E-state index in [2.05, 4.69) is 0 Å². The van der Waals surface area contributed by atoms with Gasteiger partial charge in [-0.05, 0) is 0 Å².